The summed E-state index contributed by atoms with van der Waals surface area (Å²) < 4.78 is 36.3. The first-order valence-corrected chi connectivity index (χ1v) is 12.7. The third kappa shape index (κ3) is 5.37. The number of nitrogens with zero attached hydrogens (tertiary/aromatic N) is 1. The van der Waals surface area contributed by atoms with Crippen LogP contribution in [0.5, 0.6) is 5.75 Å². The van der Waals surface area contributed by atoms with Crippen molar-refractivity contribution in [3.8, 4) is 5.75 Å². The van der Waals surface area contributed by atoms with Crippen molar-refractivity contribution < 1.29 is 27.5 Å². The van der Waals surface area contributed by atoms with Crippen molar-refractivity contribution in [2.24, 2.45) is 0 Å². The molecule has 1 aliphatic carbocycles. The highest BCUT2D eigenvalue weighted by molar-refractivity contribution is 7.92. The number of aryl methyl sites for hydroxylation is 1. The smallest absolute Gasteiger partial charge is 0.341 e. The second kappa shape index (κ2) is 9.69. The normalized spacial score (nSPS) is 12.9. The first kappa shape index (κ1) is 23.1. The molecule has 1 aromatic carbocycles. The van der Waals surface area contributed by atoms with Crippen LogP contribution in [0, 0.1) is 0 Å². The van der Waals surface area contributed by atoms with Crippen molar-refractivity contribution in [1.82, 2.24) is 0 Å². The molecule has 0 spiro atoms. The van der Waals surface area contributed by atoms with Crippen molar-refractivity contribution in [1.29, 1.82) is 0 Å². The Morgan fingerprint density at radius 2 is 1.84 bits per heavy atom. The minimum absolute atomic E-state index is 0.233. The summed E-state index contributed by atoms with van der Waals surface area (Å²) in [4.78, 5) is 26.3. The summed E-state index contributed by atoms with van der Waals surface area (Å²) in [7, 11) is -3.72. The van der Waals surface area contributed by atoms with E-state index in [1.807, 2.05) is 6.92 Å². The van der Waals surface area contributed by atoms with Crippen molar-refractivity contribution in [3.63, 3.8) is 0 Å². The van der Waals surface area contributed by atoms with Gasteiger partial charge in [-0.1, -0.05) is 0 Å². The Kier molecular flexibility index (Phi) is 7.22. The number of hydrogen-bond donors (Lipinski definition) is 1. The van der Waals surface area contributed by atoms with Gasteiger partial charge in [-0.3, -0.25) is 9.10 Å². The molecule has 1 amide bonds. The molecule has 0 atom stereocenters. The Morgan fingerprint density at radius 3 is 2.45 bits per heavy atom. The molecule has 1 N–H and O–H groups in total. The fourth-order valence-electron chi connectivity index (χ4n) is 3.48. The van der Waals surface area contributed by atoms with Gasteiger partial charge in [-0.2, -0.15) is 0 Å². The molecule has 168 valence electrons. The number of benzene rings is 1. The van der Waals surface area contributed by atoms with Crippen LogP contribution in [0.3, 0.4) is 0 Å². The van der Waals surface area contributed by atoms with Crippen LogP contribution in [0.1, 0.15) is 41.1 Å². The van der Waals surface area contributed by atoms with Crippen LogP contribution in [-0.4, -0.2) is 46.3 Å². The molecule has 0 fully saturated rings. The lowest BCUT2D eigenvalue weighted by Gasteiger charge is -2.22. The van der Waals surface area contributed by atoms with Gasteiger partial charge in [0.25, 0.3) is 0 Å². The number of anilines is 2. The molecule has 0 saturated heterocycles. The minimum atomic E-state index is -3.72. The van der Waals surface area contributed by atoms with E-state index in [1.54, 1.807) is 31.2 Å². The first-order valence-electron chi connectivity index (χ1n) is 10.1. The number of nitrogens with one attached hydrogen (secondary N) is 1. The molecule has 0 aliphatic heterocycles. The van der Waals surface area contributed by atoms with E-state index in [0.717, 1.165) is 40.3 Å². The Morgan fingerprint density at radius 1 is 1.13 bits per heavy atom. The van der Waals surface area contributed by atoms with Gasteiger partial charge in [0.05, 0.1) is 30.7 Å². The molecule has 2 aromatic rings. The van der Waals surface area contributed by atoms with E-state index in [4.69, 9.17) is 9.47 Å². The topological polar surface area (TPSA) is 102 Å². The number of rotatable bonds is 9. The summed E-state index contributed by atoms with van der Waals surface area (Å²) in [6, 6.07) is 6.47. The molecule has 10 heteroatoms. The fraction of sp³-hybridized carbons (Fsp3) is 0.429. The van der Waals surface area contributed by atoms with E-state index >= 15 is 0 Å². The summed E-state index contributed by atoms with van der Waals surface area (Å²) in [5.74, 6) is -0.398. The average Bonchev–Trinajstić information content (AvgIpc) is 3.27. The van der Waals surface area contributed by atoms with Gasteiger partial charge >= 0.3 is 5.97 Å². The van der Waals surface area contributed by atoms with E-state index in [2.05, 4.69) is 5.32 Å². The van der Waals surface area contributed by atoms with Crippen LogP contribution in [-0.2, 0) is 32.4 Å². The highest BCUT2D eigenvalue weighted by atomic mass is 32.2. The lowest BCUT2D eigenvalue weighted by Crippen LogP contribution is -2.37. The quantitative estimate of drug-likeness (QED) is 0.570. The number of carbonyl (C=O) groups excluding carboxylic acids is 2. The van der Waals surface area contributed by atoms with Crippen LogP contribution in [0.25, 0.3) is 0 Å². The molecule has 3 rings (SSSR count). The predicted molar refractivity (Wildman–Crippen MR) is 121 cm³/mol. The Balaban J connectivity index is 1.82. The number of amides is 1. The molecule has 0 saturated carbocycles. The van der Waals surface area contributed by atoms with Gasteiger partial charge in [-0.25, -0.2) is 13.2 Å². The van der Waals surface area contributed by atoms with Crippen molar-refractivity contribution in [3.05, 3.63) is 40.3 Å². The zero-order valence-corrected chi connectivity index (χ0v) is 19.4. The molecule has 1 aromatic heterocycles. The largest absolute Gasteiger partial charge is 0.494 e. The molecular weight excluding hydrogens is 440 g/mol. The Bertz CT molecular complexity index is 1060. The van der Waals surface area contributed by atoms with Gasteiger partial charge in [-0.15, -0.1) is 11.3 Å². The number of fused-ring (bicyclic) bond motifs is 1. The van der Waals surface area contributed by atoms with Crippen LogP contribution in [0.2, 0.25) is 0 Å². The molecule has 0 bridgehead atoms. The van der Waals surface area contributed by atoms with Crippen molar-refractivity contribution in [2.45, 2.75) is 33.1 Å². The van der Waals surface area contributed by atoms with Crippen molar-refractivity contribution >= 4 is 43.9 Å². The van der Waals surface area contributed by atoms with Crippen LogP contribution in [0.15, 0.2) is 24.3 Å². The van der Waals surface area contributed by atoms with Gasteiger partial charge in [0, 0.05) is 4.88 Å². The summed E-state index contributed by atoms with van der Waals surface area (Å²) in [6.45, 7) is 3.88. The maximum Gasteiger partial charge on any atom is 0.341 e. The number of carbonyl (C=O) groups is 2. The molecule has 0 unspecified atom stereocenters. The Hall–Kier alpha value is -2.59. The maximum absolute atomic E-state index is 12.8. The van der Waals surface area contributed by atoms with E-state index in [1.165, 1.54) is 11.3 Å². The third-order valence-electron chi connectivity index (χ3n) is 4.78. The lowest BCUT2D eigenvalue weighted by molar-refractivity contribution is -0.114. The fourth-order valence-corrected chi connectivity index (χ4v) is 5.63. The average molecular weight is 467 g/mol. The van der Waals surface area contributed by atoms with E-state index in [9.17, 15) is 18.0 Å². The molecule has 8 nitrogen and oxygen atoms in total. The van der Waals surface area contributed by atoms with Gasteiger partial charge < -0.3 is 14.8 Å². The maximum atomic E-state index is 12.8. The zero-order chi connectivity index (χ0) is 22.6. The number of sulfonamides is 1. The number of thiophene rings is 1. The number of hydrogen-bond acceptors (Lipinski definition) is 7. The van der Waals surface area contributed by atoms with E-state index < -0.39 is 28.4 Å². The van der Waals surface area contributed by atoms with Crippen molar-refractivity contribution in [2.75, 3.05) is 35.6 Å². The van der Waals surface area contributed by atoms with Gasteiger partial charge in [0.15, 0.2) is 0 Å². The molecule has 31 heavy (non-hydrogen) atoms. The second-order valence-corrected chi connectivity index (χ2v) is 10.0. The lowest BCUT2D eigenvalue weighted by atomic mass is 10.1. The molecular formula is C21H26N2O6S2. The first-order chi connectivity index (χ1) is 14.7. The predicted octanol–water partition coefficient (Wildman–Crippen LogP) is 3.22. The highest BCUT2D eigenvalue weighted by Crippen LogP contribution is 2.39. The SMILES string of the molecule is CCOC(=O)c1c(NC(=O)CN(c2ccc(OCC)cc2)S(C)(=O)=O)sc2c1CCC2. The zero-order valence-electron chi connectivity index (χ0n) is 17.8. The molecule has 0 radical (unpaired) electrons. The molecule has 1 heterocycles. The second-order valence-electron chi connectivity index (χ2n) is 7.03. The number of ether oxygens (including phenoxy) is 2. The van der Waals surface area contributed by atoms with Gasteiger partial charge in [0.2, 0.25) is 15.9 Å². The third-order valence-corrected chi connectivity index (χ3v) is 7.12. The van der Waals surface area contributed by atoms with E-state index in [-0.39, 0.29) is 6.61 Å². The van der Waals surface area contributed by atoms with Crippen LogP contribution in [0.4, 0.5) is 10.7 Å². The molecule has 1 aliphatic rings. The van der Waals surface area contributed by atoms with Crippen LogP contribution < -0.4 is 14.4 Å². The standard InChI is InChI=1S/C21H26N2O6S2/c1-4-28-15-11-9-14(10-12-15)23(31(3,26)27)13-18(24)22-20-19(21(25)29-5-2)16-7-6-8-17(16)30-20/h9-12H,4-8,13H2,1-3H3,(H,22,24). The highest BCUT2D eigenvalue weighted by Gasteiger charge is 2.29. The summed E-state index contributed by atoms with van der Waals surface area (Å²) >= 11 is 1.35. The summed E-state index contributed by atoms with van der Waals surface area (Å²) in [5.41, 5.74) is 1.66. The monoisotopic (exact) mass is 466 g/mol. The van der Waals surface area contributed by atoms with E-state index in [0.29, 0.717) is 28.6 Å². The number of esters is 1. The van der Waals surface area contributed by atoms with Crippen LogP contribution >= 0.6 is 11.3 Å². The van der Waals surface area contributed by atoms with Gasteiger partial charge in [-0.05, 0) is 62.9 Å². The summed E-state index contributed by atoms with van der Waals surface area (Å²) in [6.07, 6.45) is 3.61. The minimum Gasteiger partial charge on any atom is -0.494 e. The summed E-state index contributed by atoms with van der Waals surface area (Å²) in [5, 5.41) is 3.14. The van der Waals surface area contributed by atoms with Gasteiger partial charge in [0.1, 0.15) is 17.3 Å². The Labute approximate surface area is 186 Å².